The van der Waals surface area contributed by atoms with Gasteiger partial charge in [-0.15, -0.1) is 0 Å². The van der Waals surface area contributed by atoms with Crippen molar-refractivity contribution in [2.75, 3.05) is 31.9 Å². The molecule has 4 heterocycles. The first-order chi connectivity index (χ1) is 16.1. The van der Waals surface area contributed by atoms with Gasteiger partial charge in [-0.05, 0) is 36.2 Å². The average molecular weight is 448 g/mol. The highest BCUT2D eigenvalue weighted by Crippen LogP contribution is 2.53. The van der Waals surface area contributed by atoms with Crippen LogP contribution in [0, 0.1) is 11.8 Å². The summed E-state index contributed by atoms with van der Waals surface area (Å²) in [5.74, 6) is 0.738. The fourth-order valence-electron chi connectivity index (χ4n) is 5.31. The fourth-order valence-corrected chi connectivity index (χ4v) is 5.31. The molecule has 0 saturated carbocycles. The van der Waals surface area contributed by atoms with E-state index < -0.39 is 17.4 Å². The van der Waals surface area contributed by atoms with Crippen LogP contribution in [0.1, 0.15) is 5.56 Å². The third-order valence-electron chi connectivity index (χ3n) is 6.94. The number of carbonyl (C=O) groups excluding carboxylic acids is 2. The van der Waals surface area contributed by atoms with Crippen LogP contribution >= 0.6 is 0 Å². The van der Waals surface area contributed by atoms with Gasteiger partial charge in [-0.2, -0.15) is 0 Å². The molecule has 2 amide bonds. The lowest BCUT2D eigenvalue weighted by atomic mass is 9.77. The Kier molecular flexibility index (Phi) is 4.58. The standard InChI is InChI=1S/C25H24N2O6/c1-30-17-5-2-15(3-6-17)9-11-26-23(28)21-19-8-10-25(33-19)13-27(24(29)22(21)25)16-4-7-18-20(12-16)32-14-31-18/h2-8,10,12,19,21-22H,9,11,13-14H2,1H3,(H,26,28)/t19-,21-,22-,25-/m1/s1. The Morgan fingerprint density at radius 3 is 2.82 bits per heavy atom. The molecule has 0 aliphatic carbocycles. The number of hydrogen-bond donors (Lipinski definition) is 1. The molecule has 4 aliphatic rings. The molecule has 4 atom stereocenters. The second-order valence-electron chi connectivity index (χ2n) is 8.75. The van der Waals surface area contributed by atoms with E-state index in [2.05, 4.69) is 5.32 Å². The predicted molar refractivity (Wildman–Crippen MR) is 118 cm³/mol. The predicted octanol–water partition coefficient (Wildman–Crippen LogP) is 2.07. The van der Waals surface area contributed by atoms with Crippen molar-refractivity contribution in [3.63, 3.8) is 0 Å². The second-order valence-corrected chi connectivity index (χ2v) is 8.75. The number of nitrogens with zero attached hydrogens (tertiary/aromatic N) is 1. The van der Waals surface area contributed by atoms with Crippen LogP contribution < -0.4 is 24.4 Å². The number of amides is 2. The normalized spacial score (nSPS) is 28.3. The van der Waals surface area contributed by atoms with E-state index in [0.29, 0.717) is 36.7 Å². The third kappa shape index (κ3) is 3.16. The summed E-state index contributed by atoms with van der Waals surface area (Å²) in [6.45, 7) is 1.03. The Balaban J connectivity index is 1.16. The first-order valence-corrected chi connectivity index (χ1v) is 11.1. The zero-order valence-corrected chi connectivity index (χ0v) is 18.2. The van der Waals surface area contributed by atoms with Gasteiger partial charge in [0.1, 0.15) is 11.4 Å². The highest BCUT2D eigenvalue weighted by molar-refractivity contribution is 6.03. The summed E-state index contributed by atoms with van der Waals surface area (Å²) >= 11 is 0. The zero-order chi connectivity index (χ0) is 22.6. The molecular formula is C25H24N2O6. The molecule has 0 unspecified atom stereocenters. The molecule has 8 heteroatoms. The molecule has 2 aromatic rings. The van der Waals surface area contributed by atoms with Crippen molar-refractivity contribution in [1.29, 1.82) is 0 Å². The molecular weight excluding hydrogens is 424 g/mol. The summed E-state index contributed by atoms with van der Waals surface area (Å²) in [6, 6.07) is 13.2. The van der Waals surface area contributed by atoms with E-state index in [9.17, 15) is 9.59 Å². The van der Waals surface area contributed by atoms with Gasteiger partial charge in [0.25, 0.3) is 0 Å². The van der Waals surface area contributed by atoms with Crippen molar-refractivity contribution in [2.24, 2.45) is 11.8 Å². The van der Waals surface area contributed by atoms with E-state index in [1.807, 2.05) is 42.5 Å². The van der Waals surface area contributed by atoms with Gasteiger partial charge in [0, 0.05) is 18.3 Å². The SMILES string of the molecule is COc1ccc(CCNC(=O)[C@@H]2[C@H]3C=C[C@]4(CN(c5ccc6c(c5)OCO6)C(=O)[C@@H]24)O3)cc1. The van der Waals surface area contributed by atoms with Gasteiger partial charge >= 0.3 is 0 Å². The number of nitrogens with one attached hydrogen (secondary N) is 1. The van der Waals surface area contributed by atoms with Gasteiger partial charge < -0.3 is 29.2 Å². The third-order valence-corrected chi connectivity index (χ3v) is 6.94. The Morgan fingerprint density at radius 1 is 1.18 bits per heavy atom. The van der Waals surface area contributed by atoms with Crippen LogP contribution in [0.5, 0.6) is 17.2 Å². The lowest BCUT2D eigenvalue weighted by Gasteiger charge is -2.23. The molecule has 6 rings (SSSR count). The number of fused-ring (bicyclic) bond motifs is 2. The molecule has 2 saturated heterocycles. The van der Waals surface area contributed by atoms with Gasteiger partial charge in [-0.1, -0.05) is 24.3 Å². The van der Waals surface area contributed by atoms with Gasteiger partial charge in [0.15, 0.2) is 11.5 Å². The Bertz CT molecular complexity index is 1150. The topological polar surface area (TPSA) is 86.3 Å². The van der Waals surface area contributed by atoms with E-state index in [-0.39, 0.29) is 24.7 Å². The molecule has 8 nitrogen and oxygen atoms in total. The van der Waals surface area contributed by atoms with E-state index in [0.717, 1.165) is 11.3 Å². The minimum Gasteiger partial charge on any atom is -0.497 e. The molecule has 2 bridgehead atoms. The second kappa shape index (κ2) is 7.52. The van der Waals surface area contributed by atoms with Crippen molar-refractivity contribution < 1.29 is 28.5 Å². The number of anilines is 1. The van der Waals surface area contributed by atoms with E-state index in [1.54, 1.807) is 24.1 Å². The molecule has 170 valence electrons. The molecule has 4 aliphatic heterocycles. The van der Waals surface area contributed by atoms with Crippen LogP contribution in [0.2, 0.25) is 0 Å². The summed E-state index contributed by atoms with van der Waals surface area (Å²) in [4.78, 5) is 28.3. The summed E-state index contributed by atoms with van der Waals surface area (Å²) in [5, 5.41) is 3.01. The largest absolute Gasteiger partial charge is 0.497 e. The molecule has 0 radical (unpaired) electrons. The molecule has 0 aromatic heterocycles. The zero-order valence-electron chi connectivity index (χ0n) is 18.2. The summed E-state index contributed by atoms with van der Waals surface area (Å²) in [6.07, 6.45) is 4.19. The Morgan fingerprint density at radius 2 is 2.00 bits per heavy atom. The number of carbonyl (C=O) groups is 2. The highest BCUT2D eigenvalue weighted by atomic mass is 16.7. The maximum atomic E-state index is 13.5. The number of benzene rings is 2. The monoisotopic (exact) mass is 448 g/mol. The summed E-state index contributed by atoms with van der Waals surface area (Å²) in [5.41, 5.74) is 1.05. The first kappa shape index (κ1) is 20.1. The van der Waals surface area contributed by atoms with Crippen LogP contribution in [-0.2, 0) is 20.7 Å². The van der Waals surface area contributed by atoms with Crippen LogP contribution in [0.25, 0.3) is 0 Å². The maximum Gasteiger partial charge on any atom is 0.234 e. The van der Waals surface area contributed by atoms with Gasteiger partial charge in [-0.25, -0.2) is 0 Å². The Labute approximate surface area is 191 Å². The van der Waals surface area contributed by atoms with Crippen molar-refractivity contribution in [3.05, 3.63) is 60.2 Å². The van der Waals surface area contributed by atoms with Gasteiger partial charge in [0.05, 0.1) is 31.6 Å². The van der Waals surface area contributed by atoms with Crippen molar-refractivity contribution >= 4 is 17.5 Å². The smallest absolute Gasteiger partial charge is 0.234 e. The fraction of sp³-hybridized carbons (Fsp3) is 0.360. The number of methoxy groups -OCH3 is 1. The number of ether oxygens (including phenoxy) is 4. The molecule has 2 fully saturated rings. The van der Waals surface area contributed by atoms with E-state index in [1.165, 1.54) is 0 Å². The first-order valence-electron chi connectivity index (χ1n) is 11.1. The average Bonchev–Trinajstić information content (AvgIpc) is 3.59. The van der Waals surface area contributed by atoms with E-state index >= 15 is 0 Å². The van der Waals surface area contributed by atoms with Gasteiger partial charge in [-0.3, -0.25) is 9.59 Å². The lowest BCUT2D eigenvalue weighted by Crippen LogP contribution is -2.44. The lowest BCUT2D eigenvalue weighted by molar-refractivity contribution is -0.131. The van der Waals surface area contributed by atoms with Crippen molar-refractivity contribution in [3.8, 4) is 17.2 Å². The number of hydrogen-bond acceptors (Lipinski definition) is 6. The van der Waals surface area contributed by atoms with Crippen LogP contribution in [0.15, 0.2) is 54.6 Å². The van der Waals surface area contributed by atoms with Crippen LogP contribution in [0.3, 0.4) is 0 Å². The summed E-state index contributed by atoms with van der Waals surface area (Å²) in [7, 11) is 1.63. The molecule has 2 aromatic carbocycles. The number of rotatable bonds is 6. The molecule has 33 heavy (non-hydrogen) atoms. The van der Waals surface area contributed by atoms with E-state index in [4.69, 9.17) is 18.9 Å². The van der Waals surface area contributed by atoms with Crippen LogP contribution in [0.4, 0.5) is 5.69 Å². The summed E-state index contributed by atoms with van der Waals surface area (Å²) < 4.78 is 22.2. The minimum absolute atomic E-state index is 0.101. The molecule has 1 spiro atoms. The Hall–Kier alpha value is -3.52. The van der Waals surface area contributed by atoms with Crippen molar-refractivity contribution in [1.82, 2.24) is 5.32 Å². The molecule has 1 N–H and O–H groups in total. The van der Waals surface area contributed by atoms with Crippen LogP contribution in [-0.4, -0.2) is 50.5 Å². The maximum absolute atomic E-state index is 13.5. The van der Waals surface area contributed by atoms with Crippen molar-refractivity contribution in [2.45, 2.75) is 18.1 Å². The van der Waals surface area contributed by atoms with Gasteiger partial charge in [0.2, 0.25) is 18.6 Å². The quantitative estimate of drug-likeness (QED) is 0.681. The minimum atomic E-state index is -0.768. The highest BCUT2D eigenvalue weighted by Gasteiger charge is 2.67.